The van der Waals surface area contributed by atoms with Gasteiger partial charge in [0, 0.05) is 25.5 Å². The van der Waals surface area contributed by atoms with Crippen molar-refractivity contribution in [2.75, 3.05) is 35.8 Å². The van der Waals surface area contributed by atoms with Crippen molar-refractivity contribution in [1.29, 1.82) is 0 Å². The Bertz CT molecular complexity index is 1150. The molecule has 0 aliphatic carbocycles. The van der Waals surface area contributed by atoms with E-state index in [0.29, 0.717) is 29.2 Å². The molecule has 0 spiro atoms. The van der Waals surface area contributed by atoms with Gasteiger partial charge >= 0.3 is 0 Å². The van der Waals surface area contributed by atoms with Gasteiger partial charge in [0.1, 0.15) is 11.4 Å². The largest absolute Gasteiger partial charge is 0.494 e. The van der Waals surface area contributed by atoms with Crippen LogP contribution in [0.4, 0.5) is 17.1 Å². The Morgan fingerprint density at radius 1 is 0.844 bits per heavy atom. The summed E-state index contributed by atoms with van der Waals surface area (Å²) in [4.78, 5) is 30.1. The third-order valence-corrected chi connectivity index (χ3v) is 5.21. The fraction of sp³-hybridized carbons (Fsp3) is 0.154. The van der Waals surface area contributed by atoms with Gasteiger partial charge in [0.15, 0.2) is 0 Å². The number of imide groups is 1. The standard InChI is InChI=1S/C26H25N3O3/c1-4-32-22-16-14-21(15-17-22)29-25(30)23(18-8-6-5-7-9-18)24(26(29)31)27-19-10-12-20(13-11-19)28(2)3/h5-17,27H,4H2,1-3H3. The normalized spacial score (nSPS) is 13.5. The number of hydrogen-bond donors (Lipinski definition) is 1. The Kier molecular flexibility index (Phi) is 5.94. The first kappa shape index (κ1) is 21.2. The van der Waals surface area contributed by atoms with Gasteiger partial charge in [-0.05, 0) is 61.0 Å². The van der Waals surface area contributed by atoms with Crippen molar-refractivity contribution in [2.45, 2.75) is 6.92 Å². The molecule has 6 heteroatoms. The minimum atomic E-state index is -0.394. The molecule has 6 nitrogen and oxygen atoms in total. The van der Waals surface area contributed by atoms with E-state index < -0.39 is 5.91 Å². The van der Waals surface area contributed by atoms with Gasteiger partial charge in [0.25, 0.3) is 11.8 Å². The summed E-state index contributed by atoms with van der Waals surface area (Å²) in [6, 6.07) is 23.9. The summed E-state index contributed by atoms with van der Waals surface area (Å²) in [5.41, 5.74) is 3.56. The highest BCUT2D eigenvalue weighted by Gasteiger charge is 2.40. The second kappa shape index (κ2) is 8.98. The quantitative estimate of drug-likeness (QED) is 0.561. The number of carbonyl (C=O) groups excluding carboxylic acids is 2. The summed E-state index contributed by atoms with van der Waals surface area (Å²) < 4.78 is 5.48. The first-order valence-electron chi connectivity index (χ1n) is 10.5. The third-order valence-electron chi connectivity index (χ3n) is 5.21. The molecule has 0 aromatic heterocycles. The maximum absolute atomic E-state index is 13.4. The van der Waals surface area contributed by atoms with Crippen molar-refractivity contribution in [3.05, 3.63) is 90.1 Å². The SMILES string of the molecule is CCOc1ccc(N2C(=O)C(Nc3ccc(N(C)C)cc3)=C(c3ccccc3)C2=O)cc1. The molecule has 162 valence electrons. The fourth-order valence-electron chi connectivity index (χ4n) is 3.60. The van der Waals surface area contributed by atoms with Crippen molar-refractivity contribution in [3.8, 4) is 5.75 Å². The van der Waals surface area contributed by atoms with Crippen molar-refractivity contribution in [2.24, 2.45) is 0 Å². The molecule has 0 saturated heterocycles. The topological polar surface area (TPSA) is 61.9 Å². The highest BCUT2D eigenvalue weighted by atomic mass is 16.5. The van der Waals surface area contributed by atoms with Crippen molar-refractivity contribution < 1.29 is 14.3 Å². The van der Waals surface area contributed by atoms with Crippen LogP contribution in [-0.2, 0) is 9.59 Å². The van der Waals surface area contributed by atoms with Gasteiger partial charge in [-0.1, -0.05) is 30.3 Å². The van der Waals surface area contributed by atoms with Gasteiger partial charge in [-0.2, -0.15) is 0 Å². The maximum atomic E-state index is 13.4. The molecule has 0 unspecified atom stereocenters. The van der Waals surface area contributed by atoms with Gasteiger partial charge in [0.2, 0.25) is 0 Å². The molecule has 1 aliphatic rings. The van der Waals surface area contributed by atoms with E-state index in [0.717, 1.165) is 11.4 Å². The lowest BCUT2D eigenvalue weighted by molar-refractivity contribution is -0.120. The monoisotopic (exact) mass is 427 g/mol. The van der Waals surface area contributed by atoms with Crippen molar-refractivity contribution >= 4 is 34.4 Å². The molecule has 0 saturated carbocycles. The maximum Gasteiger partial charge on any atom is 0.282 e. The zero-order valence-electron chi connectivity index (χ0n) is 18.3. The highest BCUT2D eigenvalue weighted by Crippen LogP contribution is 2.34. The number of anilines is 3. The summed E-state index contributed by atoms with van der Waals surface area (Å²) in [5.74, 6) is -0.0709. The van der Waals surface area contributed by atoms with Crippen molar-refractivity contribution in [1.82, 2.24) is 0 Å². The molecule has 1 N–H and O–H groups in total. The zero-order chi connectivity index (χ0) is 22.7. The summed E-state index contributed by atoms with van der Waals surface area (Å²) in [6.07, 6.45) is 0. The summed E-state index contributed by atoms with van der Waals surface area (Å²) in [5, 5.41) is 3.19. The molecule has 1 aliphatic heterocycles. The van der Waals surface area contributed by atoms with Crippen LogP contribution < -0.4 is 19.9 Å². The molecule has 3 aromatic rings. The van der Waals surface area contributed by atoms with Crippen LogP contribution in [0, 0.1) is 0 Å². The van der Waals surface area contributed by atoms with E-state index in [4.69, 9.17) is 4.74 Å². The van der Waals surface area contributed by atoms with E-state index in [-0.39, 0.29) is 11.6 Å². The Balaban J connectivity index is 1.72. The Morgan fingerprint density at radius 3 is 2.09 bits per heavy atom. The number of amides is 2. The van der Waals surface area contributed by atoms with Crippen LogP contribution in [0.2, 0.25) is 0 Å². The van der Waals surface area contributed by atoms with E-state index in [1.165, 1.54) is 4.90 Å². The third kappa shape index (κ3) is 4.07. The number of ether oxygens (including phenoxy) is 1. The van der Waals surface area contributed by atoms with E-state index in [1.807, 2.05) is 80.5 Å². The van der Waals surface area contributed by atoms with E-state index in [1.54, 1.807) is 24.3 Å². The molecule has 0 fully saturated rings. The van der Waals surface area contributed by atoms with Gasteiger partial charge in [-0.25, -0.2) is 4.90 Å². The summed E-state index contributed by atoms with van der Waals surface area (Å²) in [6.45, 7) is 2.45. The number of nitrogens with one attached hydrogen (secondary N) is 1. The first-order valence-corrected chi connectivity index (χ1v) is 10.5. The van der Waals surface area contributed by atoms with Crippen LogP contribution in [0.3, 0.4) is 0 Å². The Labute approximate surface area is 187 Å². The van der Waals surface area contributed by atoms with E-state index in [2.05, 4.69) is 5.32 Å². The van der Waals surface area contributed by atoms with Crippen LogP contribution in [0.15, 0.2) is 84.6 Å². The van der Waals surface area contributed by atoms with Crippen LogP contribution >= 0.6 is 0 Å². The average Bonchev–Trinajstić information content (AvgIpc) is 3.05. The van der Waals surface area contributed by atoms with Crippen molar-refractivity contribution in [3.63, 3.8) is 0 Å². The lowest BCUT2D eigenvalue weighted by Crippen LogP contribution is -2.32. The Hall–Kier alpha value is -4.06. The van der Waals surface area contributed by atoms with Crippen LogP contribution in [0.25, 0.3) is 5.57 Å². The van der Waals surface area contributed by atoms with Gasteiger partial charge in [-0.15, -0.1) is 0 Å². The molecule has 0 bridgehead atoms. The number of benzene rings is 3. The second-order valence-electron chi connectivity index (χ2n) is 7.55. The van der Waals surface area contributed by atoms with Gasteiger partial charge in [-0.3, -0.25) is 9.59 Å². The number of rotatable bonds is 7. The van der Waals surface area contributed by atoms with Gasteiger partial charge in [0.05, 0.1) is 17.9 Å². The number of hydrogen-bond acceptors (Lipinski definition) is 5. The molecule has 0 atom stereocenters. The molecule has 0 radical (unpaired) electrons. The molecule has 3 aromatic carbocycles. The molecule has 4 rings (SSSR count). The average molecular weight is 428 g/mol. The second-order valence-corrected chi connectivity index (χ2v) is 7.55. The van der Waals surface area contributed by atoms with Gasteiger partial charge < -0.3 is 15.0 Å². The predicted molar refractivity (Wildman–Crippen MR) is 128 cm³/mol. The number of carbonyl (C=O) groups is 2. The minimum Gasteiger partial charge on any atom is -0.494 e. The highest BCUT2D eigenvalue weighted by molar-refractivity contribution is 6.46. The Morgan fingerprint density at radius 2 is 1.50 bits per heavy atom. The molecule has 2 amide bonds. The lowest BCUT2D eigenvalue weighted by atomic mass is 10.0. The molecule has 32 heavy (non-hydrogen) atoms. The first-order chi connectivity index (χ1) is 15.5. The smallest absolute Gasteiger partial charge is 0.282 e. The molecular formula is C26H25N3O3. The van der Waals surface area contributed by atoms with Crippen LogP contribution in [-0.4, -0.2) is 32.5 Å². The summed E-state index contributed by atoms with van der Waals surface area (Å²) in [7, 11) is 3.93. The predicted octanol–water partition coefficient (Wildman–Crippen LogP) is 4.55. The minimum absolute atomic E-state index is 0.257. The van der Waals surface area contributed by atoms with E-state index in [9.17, 15) is 9.59 Å². The number of nitrogens with zero attached hydrogens (tertiary/aromatic N) is 2. The molecule has 1 heterocycles. The zero-order valence-corrected chi connectivity index (χ0v) is 18.3. The lowest BCUT2D eigenvalue weighted by Gasteiger charge is -2.16. The molecular weight excluding hydrogens is 402 g/mol. The van der Waals surface area contributed by atoms with Crippen LogP contribution in [0.1, 0.15) is 12.5 Å². The van der Waals surface area contributed by atoms with E-state index >= 15 is 0 Å². The summed E-state index contributed by atoms with van der Waals surface area (Å²) >= 11 is 0. The van der Waals surface area contributed by atoms with Crippen LogP contribution in [0.5, 0.6) is 5.75 Å². The fourth-order valence-corrected chi connectivity index (χ4v) is 3.60.